The van der Waals surface area contributed by atoms with Crippen LogP contribution in [0.15, 0.2) is 30.3 Å². The Bertz CT molecular complexity index is 1020. The van der Waals surface area contributed by atoms with E-state index in [-0.39, 0.29) is 29.0 Å². The highest BCUT2D eigenvalue weighted by Gasteiger charge is 2.37. The Morgan fingerprint density at radius 2 is 1.97 bits per heavy atom. The molecular weight excluding hydrogens is 460 g/mol. The number of alkyl halides is 3. The van der Waals surface area contributed by atoms with Crippen molar-refractivity contribution in [3.05, 3.63) is 52.4 Å². The third-order valence-electron chi connectivity index (χ3n) is 5.56. The number of rotatable bonds is 6. The Morgan fingerprint density at radius 3 is 2.58 bits per heavy atom. The first-order valence-electron chi connectivity index (χ1n) is 10.6. The largest absolute Gasteiger partial charge is 0.416 e. The van der Waals surface area contributed by atoms with Crippen molar-refractivity contribution in [2.24, 2.45) is 5.73 Å². The van der Waals surface area contributed by atoms with Crippen LogP contribution in [0.4, 0.5) is 29.1 Å². The molecule has 1 saturated heterocycles. The van der Waals surface area contributed by atoms with Gasteiger partial charge in [-0.15, -0.1) is 0 Å². The minimum absolute atomic E-state index is 0.106. The van der Waals surface area contributed by atoms with Crippen molar-refractivity contribution in [2.75, 3.05) is 22.9 Å². The summed E-state index contributed by atoms with van der Waals surface area (Å²) >= 11 is 5.95. The zero-order chi connectivity index (χ0) is 24.6. The molecule has 33 heavy (non-hydrogen) atoms. The number of nitrogens with zero attached hydrogens (tertiary/aromatic N) is 3. The fourth-order valence-corrected chi connectivity index (χ4v) is 4.03. The molecule has 1 aromatic carbocycles. The fourth-order valence-electron chi connectivity index (χ4n) is 3.86. The highest BCUT2D eigenvalue weighted by molar-refractivity contribution is 6.31. The second-order valence-electron chi connectivity index (χ2n) is 9.03. The topological polar surface area (TPSA) is 62.5 Å². The van der Waals surface area contributed by atoms with Crippen LogP contribution in [0.3, 0.4) is 0 Å². The van der Waals surface area contributed by atoms with Gasteiger partial charge in [0.15, 0.2) is 0 Å². The lowest BCUT2D eigenvalue weighted by Gasteiger charge is -2.33. The SMILES string of the molecule is Cc1cc(C(F)(F)F)cc(N2CCC[C@H]2C(=O)N(CCC(C)(C)N)c2ccc(F)c(Cl)c2)n1. The maximum atomic E-state index is 13.7. The summed E-state index contributed by atoms with van der Waals surface area (Å²) in [6, 6.07) is 5.23. The van der Waals surface area contributed by atoms with Crippen LogP contribution in [0.5, 0.6) is 0 Å². The molecule has 0 aliphatic carbocycles. The van der Waals surface area contributed by atoms with Gasteiger partial charge in [0.25, 0.3) is 0 Å². The fraction of sp³-hybridized carbons (Fsp3) is 0.478. The number of hydrogen-bond acceptors (Lipinski definition) is 4. The van der Waals surface area contributed by atoms with E-state index in [9.17, 15) is 22.4 Å². The van der Waals surface area contributed by atoms with Crippen LogP contribution < -0.4 is 15.5 Å². The van der Waals surface area contributed by atoms with Gasteiger partial charge in [-0.25, -0.2) is 9.37 Å². The molecule has 2 heterocycles. The third-order valence-corrected chi connectivity index (χ3v) is 5.85. The number of carbonyl (C=O) groups is 1. The van der Waals surface area contributed by atoms with Gasteiger partial charge in [0.05, 0.1) is 10.6 Å². The van der Waals surface area contributed by atoms with Crippen LogP contribution in [0.25, 0.3) is 0 Å². The lowest BCUT2D eigenvalue weighted by Crippen LogP contribution is -2.48. The van der Waals surface area contributed by atoms with Crippen molar-refractivity contribution in [2.45, 2.75) is 57.8 Å². The van der Waals surface area contributed by atoms with Gasteiger partial charge in [-0.05, 0) is 70.4 Å². The first-order chi connectivity index (χ1) is 15.3. The summed E-state index contributed by atoms with van der Waals surface area (Å²) < 4.78 is 53.8. The van der Waals surface area contributed by atoms with E-state index in [2.05, 4.69) is 4.98 Å². The molecule has 10 heteroatoms. The number of hydrogen-bond donors (Lipinski definition) is 1. The third kappa shape index (κ3) is 6.14. The number of nitrogens with two attached hydrogens (primary N) is 1. The molecule has 1 aliphatic rings. The van der Waals surface area contributed by atoms with Crippen LogP contribution in [-0.4, -0.2) is 35.6 Å². The second-order valence-corrected chi connectivity index (χ2v) is 9.44. The number of halogens is 5. The predicted octanol–water partition coefficient (Wildman–Crippen LogP) is 5.33. The Hall–Kier alpha value is -2.39. The van der Waals surface area contributed by atoms with Crippen molar-refractivity contribution in [1.82, 2.24) is 4.98 Å². The molecule has 0 unspecified atom stereocenters. The average Bonchev–Trinajstić information content (AvgIpc) is 3.18. The van der Waals surface area contributed by atoms with E-state index in [1.807, 2.05) is 13.8 Å². The minimum Gasteiger partial charge on any atom is -0.345 e. The normalized spacial score (nSPS) is 16.9. The van der Waals surface area contributed by atoms with Crippen LogP contribution in [-0.2, 0) is 11.0 Å². The van der Waals surface area contributed by atoms with Gasteiger partial charge < -0.3 is 15.5 Å². The Balaban J connectivity index is 1.96. The standard InChI is InChI=1S/C23H27ClF4N4O/c1-14-11-15(23(26,27)28)12-20(30-14)32-9-4-5-19(32)21(33)31(10-8-22(2,3)29)16-6-7-18(25)17(24)13-16/h6-7,11-13,19H,4-5,8-10,29H2,1-3H3/t19-/m0/s1. The van der Waals surface area contributed by atoms with Crippen molar-refractivity contribution in [3.63, 3.8) is 0 Å². The molecule has 1 aromatic heterocycles. The van der Waals surface area contributed by atoms with Gasteiger partial charge in [-0.1, -0.05) is 11.6 Å². The Morgan fingerprint density at radius 1 is 1.27 bits per heavy atom. The molecule has 0 bridgehead atoms. The van der Waals surface area contributed by atoms with Gasteiger partial charge in [0.1, 0.15) is 17.7 Å². The molecule has 3 rings (SSSR count). The number of aromatic nitrogens is 1. The maximum Gasteiger partial charge on any atom is 0.416 e. The van der Waals surface area contributed by atoms with Gasteiger partial charge in [0, 0.05) is 30.0 Å². The molecule has 0 saturated carbocycles. The molecule has 5 nitrogen and oxygen atoms in total. The van der Waals surface area contributed by atoms with Crippen molar-refractivity contribution < 1.29 is 22.4 Å². The summed E-state index contributed by atoms with van der Waals surface area (Å²) in [5, 5.41) is -0.129. The molecule has 180 valence electrons. The number of pyridine rings is 1. The minimum atomic E-state index is -4.52. The first kappa shape index (κ1) is 25.2. The molecule has 0 radical (unpaired) electrons. The molecule has 1 amide bonds. The van der Waals surface area contributed by atoms with Crippen molar-refractivity contribution in [3.8, 4) is 0 Å². The van der Waals surface area contributed by atoms with Gasteiger partial charge in [-0.2, -0.15) is 13.2 Å². The van der Waals surface area contributed by atoms with Gasteiger partial charge >= 0.3 is 6.18 Å². The lowest BCUT2D eigenvalue weighted by molar-refractivity contribution is -0.137. The molecule has 2 aromatic rings. The van der Waals surface area contributed by atoms with E-state index < -0.39 is 29.1 Å². The summed E-state index contributed by atoms with van der Waals surface area (Å²) in [6.45, 7) is 5.77. The first-order valence-corrected chi connectivity index (χ1v) is 11.0. The molecule has 0 spiro atoms. The molecule has 2 N–H and O–H groups in total. The highest BCUT2D eigenvalue weighted by atomic mass is 35.5. The number of amides is 1. The molecule has 1 fully saturated rings. The monoisotopic (exact) mass is 486 g/mol. The zero-order valence-corrected chi connectivity index (χ0v) is 19.5. The summed E-state index contributed by atoms with van der Waals surface area (Å²) in [5.41, 5.74) is 5.34. The smallest absolute Gasteiger partial charge is 0.345 e. The number of carbonyl (C=O) groups excluding carboxylic acids is 1. The van der Waals surface area contributed by atoms with E-state index in [0.29, 0.717) is 31.5 Å². The van der Waals surface area contributed by atoms with Crippen LogP contribution in [0.1, 0.15) is 44.4 Å². The lowest BCUT2D eigenvalue weighted by atomic mass is 10.0. The van der Waals surface area contributed by atoms with Gasteiger partial charge in [0.2, 0.25) is 5.91 Å². The Kier molecular flexibility index (Phi) is 7.24. The highest BCUT2D eigenvalue weighted by Crippen LogP contribution is 2.34. The van der Waals surface area contributed by atoms with Crippen LogP contribution in [0, 0.1) is 12.7 Å². The van der Waals surface area contributed by atoms with Crippen LogP contribution >= 0.6 is 11.6 Å². The second kappa shape index (κ2) is 9.46. The number of benzene rings is 1. The van der Waals surface area contributed by atoms with E-state index in [4.69, 9.17) is 17.3 Å². The summed E-state index contributed by atoms with van der Waals surface area (Å²) in [4.78, 5) is 21.0. The zero-order valence-electron chi connectivity index (χ0n) is 18.7. The maximum absolute atomic E-state index is 13.7. The summed E-state index contributed by atoms with van der Waals surface area (Å²) in [5.74, 6) is -0.830. The van der Waals surface area contributed by atoms with Crippen molar-refractivity contribution in [1.29, 1.82) is 0 Å². The molecule has 1 atom stereocenters. The van der Waals surface area contributed by atoms with E-state index in [0.717, 1.165) is 12.1 Å². The quantitative estimate of drug-likeness (QED) is 0.560. The number of anilines is 2. The van der Waals surface area contributed by atoms with Crippen LogP contribution in [0.2, 0.25) is 5.02 Å². The molecular formula is C23H27ClF4N4O. The van der Waals surface area contributed by atoms with E-state index in [1.165, 1.54) is 30.0 Å². The van der Waals surface area contributed by atoms with Gasteiger partial charge in [-0.3, -0.25) is 4.79 Å². The number of aryl methyl sites for hydroxylation is 1. The molecule has 1 aliphatic heterocycles. The summed E-state index contributed by atoms with van der Waals surface area (Å²) in [7, 11) is 0. The van der Waals surface area contributed by atoms with E-state index in [1.54, 1.807) is 4.90 Å². The average molecular weight is 487 g/mol. The summed E-state index contributed by atoms with van der Waals surface area (Å²) in [6.07, 6.45) is -3.01. The predicted molar refractivity (Wildman–Crippen MR) is 121 cm³/mol. The van der Waals surface area contributed by atoms with E-state index >= 15 is 0 Å². The Labute approximate surface area is 195 Å². The van der Waals surface area contributed by atoms with Crippen molar-refractivity contribution >= 4 is 29.0 Å².